The number of ether oxygens (including phenoxy) is 3. The Hall–Kier alpha value is -3.47. The highest BCUT2D eigenvalue weighted by atomic mass is 35.5. The predicted octanol–water partition coefficient (Wildman–Crippen LogP) is 3.88. The molecule has 3 unspecified atom stereocenters. The van der Waals surface area contributed by atoms with Crippen molar-refractivity contribution in [3.63, 3.8) is 0 Å². The minimum Gasteiger partial charge on any atom is -0.479 e. The van der Waals surface area contributed by atoms with Crippen molar-refractivity contribution >= 4 is 35.4 Å². The monoisotopic (exact) mass is 586 g/mol. The molecule has 0 aliphatic carbocycles. The van der Waals surface area contributed by atoms with Crippen LogP contribution in [0.25, 0.3) is 0 Å². The number of methoxy groups -OCH3 is 1. The number of hydrogen-bond acceptors (Lipinski definition) is 7. The van der Waals surface area contributed by atoms with Crippen molar-refractivity contribution in [1.82, 2.24) is 10.2 Å². The Bertz CT molecular complexity index is 1190. The van der Waals surface area contributed by atoms with Crippen molar-refractivity contribution in [3.8, 4) is 0 Å². The van der Waals surface area contributed by atoms with Crippen LogP contribution in [0.5, 0.6) is 0 Å². The number of nitrogens with two attached hydrogens (primary N) is 1. The normalized spacial score (nSPS) is 17.4. The fourth-order valence-corrected chi connectivity index (χ4v) is 4.73. The molecule has 4 atom stereocenters. The van der Waals surface area contributed by atoms with Gasteiger partial charge >= 0.3 is 6.09 Å². The lowest BCUT2D eigenvalue weighted by molar-refractivity contribution is -0.141. The molecule has 0 spiro atoms. The summed E-state index contributed by atoms with van der Waals surface area (Å²) < 4.78 is 16.7. The maximum Gasteiger partial charge on any atom is 0.436 e. The molecule has 0 aromatic heterocycles. The average molecular weight is 587 g/mol. The highest BCUT2D eigenvalue weighted by molar-refractivity contribution is 6.30. The van der Waals surface area contributed by atoms with Crippen LogP contribution in [0.2, 0.25) is 5.02 Å². The molecule has 222 valence electrons. The Labute approximate surface area is 246 Å². The Kier molecular flexibility index (Phi) is 12.6. The first kappa shape index (κ1) is 32.0. The van der Waals surface area contributed by atoms with Gasteiger partial charge in [0.2, 0.25) is 17.7 Å². The number of nitrogens with zero attached hydrogens (tertiary/aromatic N) is 2. The average Bonchev–Trinajstić information content (AvgIpc) is 3.46. The number of amides is 3. The predicted molar refractivity (Wildman–Crippen MR) is 157 cm³/mol. The van der Waals surface area contributed by atoms with Crippen molar-refractivity contribution in [3.05, 3.63) is 70.7 Å². The topological polar surface area (TPSA) is 133 Å². The molecule has 2 aromatic carbocycles. The van der Waals surface area contributed by atoms with Crippen LogP contribution in [0, 0.1) is 0 Å². The van der Waals surface area contributed by atoms with Crippen LogP contribution >= 0.6 is 11.6 Å². The van der Waals surface area contributed by atoms with Gasteiger partial charge in [0.15, 0.2) is 0 Å². The first-order valence-corrected chi connectivity index (χ1v) is 14.1. The second kappa shape index (κ2) is 16.1. The summed E-state index contributed by atoms with van der Waals surface area (Å²) in [4.78, 5) is 44.2. The van der Waals surface area contributed by atoms with Crippen molar-refractivity contribution in [2.24, 2.45) is 10.7 Å². The quantitative estimate of drug-likeness (QED) is 0.219. The van der Waals surface area contributed by atoms with Gasteiger partial charge < -0.3 is 30.2 Å². The van der Waals surface area contributed by atoms with Crippen LogP contribution in [0.4, 0.5) is 4.79 Å². The maximum absolute atomic E-state index is 13.9. The van der Waals surface area contributed by atoms with Gasteiger partial charge in [0.25, 0.3) is 0 Å². The molecular formula is C30H39ClN4O6. The van der Waals surface area contributed by atoms with E-state index in [4.69, 9.17) is 31.5 Å². The van der Waals surface area contributed by atoms with E-state index in [1.807, 2.05) is 54.6 Å². The van der Waals surface area contributed by atoms with Crippen LogP contribution in [-0.2, 0) is 36.8 Å². The molecule has 1 aliphatic heterocycles. The van der Waals surface area contributed by atoms with Gasteiger partial charge in [-0.15, -0.1) is 4.99 Å². The van der Waals surface area contributed by atoms with E-state index in [0.717, 1.165) is 11.1 Å². The fourth-order valence-electron chi connectivity index (χ4n) is 4.51. The van der Waals surface area contributed by atoms with Crippen molar-refractivity contribution in [2.45, 2.75) is 70.4 Å². The summed E-state index contributed by atoms with van der Waals surface area (Å²) in [6.07, 6.45) is 1.04. The number of carbonyl (C=O) groups excluding carboxylic acids is 3. The third-order valence-electron chi connectivity index (χ3n) is 6.75. The van der Waals surface area contributed by atoms with Crippen LogP contribution in [0.3, 0.4) is 0 Å². The van der Waals surface area contributed by atoms with Crippen LogP contribution < -0.4 is 11.1 Å². The summed E-state index contributed by atoms with van der Waals surface area (Å²) in [5.74, 6) is -0.749. The van der Waals surface area contributed by atoms with Gasteiger partial charge in [-0.25, -0.2) is 4.79 Å². The van der Waals surface area contributed by atoms with E-state index >= 15 is 0 Å². The van der Waals surface area contributed by atoms with Crippen LogP contribution in [0.1, 0.15) is 44.2 Å². The zero-order valence-electron chi connectivity index (χ0n) is 23.8. The zero-order valence-corrected chi connectivity index (χ0v) is 24.5. The Morgan fingerprint density at radius 3 is 2.54 bits per heavy atom. The third-order valence-corrected chi connectivity index (χ3v) is 6.98. The van der Waals surface area contributed by atoms with Crippen molar-refractivity contribution in [2.75, 3.05) is 20.3 Å². The number of aliphatic imine (C=N–C) groups is 1. The van der Waals surface area contributed by atoms with Gasteiger partial charge in [-0.3, -0.25) is 9.59 Å². The number of rotatable bonds is 12. The zero-order chi connectivity index (χ0) is 29.8. The molecule has 0 saturated carbocycles. The lowest BCUT2D eigenvalue weighted by Crippen LogP contribution is -2.58. The molecule has 1 saturated heterocycles. The van der Waals surface area contributed by atoms with Crippen LogP contribution in [-0.4, -0.2) is 73.2 Å². The molecule has 1 heterocycles. The van der Waals surface area contributed by atoms with E-state index < -0.39 is 36.2 Å². The molecule has 3 rings (SSSR count). The molecule has 3 N–H and O–H groups in total. The van der Waals surface area contributed by atoms with Gasteiger partial charge in [0.05, 0.1) is 32.5 Å². The number of hydrogen-bond donors (Lipinski definition) is 2. The second-order valence-corrected chi connectivity index (χ2v) is 10.4. The number of likely N-dealkylation sites (tertiary alicyclic amines) is 1. The molecular weight excluding hydrogens is 548 g/mol. The lowest BCUT2D eigenvalue weighted by Gasteiger charge is -2.32. The molecule has 0 radical (unpaired) electrons. The summed E-state index contributed by atoms with van der Waals surface area (Å²) in [5.41, 5.74) is 7.78. The Morgan fingerprint density at radius 2 is 1.85 bits per heavy atom. The summed E-state index contributed by atoms with van der Waals surface area (Å²) >= 11 is 6.08. The second-order valence-electron chi connectivity index (χ2n) is 9.97. The van der Waals surface area contributed by atoms with Crippen molar-refractivity contribution in [1.29, 1.82) is 0 Å². The molecule has 3 amide bonds. The number of aryl methyl sites for hydroxylation is 1. The molecule has 11 heteroatoms. The third kappa shape index (κ3) is 9.84. The first-order valence-electron chi connectivity index (χ1n) is 13.7. The first-order chi connectivity index (χ1) is 19.7. The highest BCUT2D eigenvalue weighted by Gasteiger charge is 2.40. The maximum atomic E-state index is 13.9. The van der Waals surface area contributed by atoms with E-state index in [1.165, 1.54) is 7.11 Å². The SMILES string of the molecule is COC(=O)/N=C(\OCCCc1cccc(Cl)c1)C1CCCN1C(=O)C(NC(=O)[C@H](C)N)C(C)OCc1ccccc1. The van der Waals surface area contributed by atoms with Gasteiger partial charge in [-0.05, 0) is 62.8 Å². The number of benzene rings is 2. The van der Waals surface area contributed by atoms with E-state index in [9.17, 15) is 14.4 Å². The standard InChI is InChI=1S/C30H39ClN4O6/c1-20(32)27(36)33-26(21(2)41-19-23-10-5-4-6-11-23)29(37)35-16-8-15-25(35)28(34-30(38)39-3)40-17-9-13-22-12-7-14-24(31)18-22/h4-7,10-12,14,18,20-21,25-26H,8-9,13,15-17,19,32H2,1-3H3,(H,33,36)/b34-28-/t20-,21?,25?,26?/m0/s1. The summed E-state index contributed by atoms with van der Waals surface area (Å²) in [7, 11) is 1.23. The lowest BCUT2D eigenvalue weighted by atomic mass is 10.1. The summed E-state index contributed by atoms with van der Waals surface area (Å²) in [5, 5.41) is 3.41. The Morgan fingerprint density at radius 1 is 1.12 bits per heavy atom. The van der Waals surface area contributed by atoms with E-state index in [1.54, 1.807) is 18.7 Å². The number of carbonyl (C=O) groups is 3. The molecule has 41 heavy (non-hydrogen) atoms. The highest BCUT2D eigenvalue weighted by Crippen LogP contribution is 2.23. The number of nitrogens with one attached hydrogen (secondary N) is 1. The van der Waals surface area contributed by atoms with Gasteiger partial charge in [-0.1, -0.05) is 54.1 Å². The molecule has 1 fully saturated rings. The van der Waals surface area contributed by atoms with E-state index in [0.29, 0.717) is 37.3 Å². The minimum atomic E-state index is -1.01. The molecule has 1 aliphatic rings. The summed E-state index contributed by atoms with van der Waals surface area (Å²) in [6, 6.07) is 14.7. The Balaban J connectivity index is 1.74. The van der Waals surface area contributed by atoms with E-state index in [-0.39, 0.29) is 25.0 Å². The molecule has 10 nitrogen and oxygen atoms in total. The van der Waals surface area contributed by atoms with Gasteiger partial charge in [0.1, 0.15) is 12.1 Å². The smallest absolute Gasteiger partial charge is 0.436 e. The fraction of sp³-hybridized carbons (Fsp3) is 0.467. The number of halogens is 1. The van der Waals surface area contributed by atoms with Gasteiger partial charge in [0, 0.05) is 11.6 Å². The van der Waals surface area contributed by atoms with Crippen LogP contribution in [0.15, 0.2) is 59.6 Å². The van der Waals surface area contributed by atoms with Crippen molar-refractivity contribution < 1.29 is 28.6 Å². The molecule has 0 bridgehead atoms. The minimum absolute atomic E-state index is 0.101. The molecule has 2 aromatic rings. The van der Waals surface area contributed by atoms with E-state index in [2.05, 4.69) is 10.3 Å². The van der Waals surface area contributed by atoms with Gasteiger partial charge in [-0.2, -0.15) is 0 Å². The summed E-state index contributed by atoms with van der Waals surface area (Å²) in [6.45, 7) is 4.19. The largest absolute Gasteiger partial charge is 0.479 e.